The lowest BCUT2D eigenvalue weighted by Crippen LogP contribution is -2.37. The first-order valence-corrected chi connectivity index (χ1v) is 11.4. The molecule has 3 aromatic rings. The van der Waals surface area contributed by atoms with Crippen LogP contribution in [0.15, 0.2) is 19.7 Å². The second-order valence-corrected chi connectivity index (χ2v) is 9.02. The molecule has 1 saturated heterocycles. The number of aryl methyl sites for hydroxylation is 4. The molecule has 31 heavy (non-hydrogen) atoms. The lowest BCUT2D eigenvalue weighted by Gasteiger charge is -2.23. The first-order chi connectivity index (χ1) is 15.0. The van der Waals surface area contributed by atoms with E-state index < -0.39 is 0 Å². The van der Waals surface area contributed by atoms with Gasteiger partial charge in [-0.3, -0.25) is 4.79 Å². The fourth-order valence-corrected chi connectivity index (χ4v) is 5.44. The minimum Gasteiger partial charge on any atom is -0.460 e. The van der Waals surface area contributed by atoms with Crippen molar-refractivity contribution in [2.75, 3.05) is 13.2 Å². The summed E-state index contributed by atoms with van der Waals surface area (Å²) < 4.78 is 11.9. The number of rotatable bonds is 4. The summed E-state index contributed by atoms with van der Waals surface area (Å²) in [6, 6.07) is 2.02. The van der Waals surface area contributed by atoms with E-state index in [-0.39, 0.29) is 30.6 Å². The number of hydrogen-bond acceptors (Lipinski definition) is 5. The van der Waals surface area contributed by atoms with Crippen LogP contribution in [0.25, 0.3) is 21.9 Å². The van der Waals surface area contributed by atoms with Gasteiger partial charge in [0.25, 0.3) is 0 Å². The average Bonchev–Trinajstić information content (AvgIpc) is 3.39. The third kappa shape index (κ3) is 3.28. The van der Waals surface area contributed by atoms with Gasteiger partial charge in [-0.25, -0.2) is 4.79 Å². The van der Waals surface area contributed by atoms with Crippen molar-refractivity contribution in [3.05, 3.63) is 44.5 Å². The summed E-state index contributed by atoms with van der Waals surface area (Å²) in [5.41, 5.74) is 4.64. The standard InChI is InChI=1S/C25H29NO5/c1-14-17(9-10-22(28)26-11-5-6-16(26)13-27)25(29)31-23-15(2)24-20(12-19(14)23)18-7-3-4-8-21(18)30-24/h12,16,27H,3-11,13H2,1-2H3/t16-/m1/s1. The van der Waals surface area contributed by atoms with Gasteiger partial charge < -0.3 is 18.8 Å². The Labute approximate surface area is 180 Å². The predicted octanol–water partition coefficient (Wildman–Crippen LogP) is 3.95. The second-order valence-electron chi connectivity index (χ2n) is 9.02. The summed E-state index contributed by atoms with van der Waals surface area (Å²) in [5.74, 6) is 1.06. The average molecular weight is 424 g/mol. The minimum atomic E-state index is -0.378. The van der Waals surface area contributed by atoms with Gasteiger partial charge in [0.1, 0.15) is 16.9 Å². The summed E-state index contributed by atoms with van der Waals surface area (Å²) in [5, 5.41) is 11.5. The van der Waals surface area contributed by atoms with Crippen molar-refractivity contribution in [3.63, 3.8) is 0 Å². The van der Waals surface area contributed by atoms with Crippen molar-refractivity contribution in [3.8, 4) is 0 Å². The highest BCUT2D eigenvalue weighted by Gasteiger charge is 2.28. The summed E-state index contributed by atoms with van der Waals surface area (Å²) in [7, 11) is 0. The molecule has 1 aromatic carbocycles. The van der Waals surface area contributed by atoms with Gasteiger partial charge in [0.2, 0.25) is 5.91 Å². The molecule has 164 valence electrons. The lowest BCUT2D eigenvalue weighted by molar-refractivity contribution is -0.132. The zero-order chi connectivity index (χ0) is 21.7. The molecule has 1 atom stereocenters. The second kappa shape index (κ2) is 7.83. The molecular formula is C25H29NO5. The molecule has 2 aromatic heterocycles. The third-order valence-corrected chi connectivity index (χ3v) is 7.22. The van der Waals surface area contributed by atoms with E-state index >= 15 is 0 Å². The fourth-order valence-electron chi connectivity index (χ4n) is 5.44. The zero-order valence-corrected chi connectivity index (χ0v) is 18.3. The van der Waals surface area contributed by atoms with E-state index in [2.05, 4.69) is 6.07 Å². The molecule has 0 bridgehead atoms. The van der Waals surface area contributed by atoms with Crippen molar-refractivity contribution < 1.29 is 18.7 Å². The Balaban J connectivity index is 1.53. The minimum absolute atomic E-state index is 0.00677. The lowest BCUT2D eigenvalue weighted by atomic mass is 9.93. The summed E-state index contributed by atoms with van der Waals surface area (Å²) in [4.78, 5) is 27.3. The third-order valence-electron chi connectivity index (χ3n) is 7.22. The number of aliphatic hydroxyl groups excluding tert-OH is 1. The molecule has 1 N–H and O–H groups in total. The molecule has 2 aliphatic rings. The van der Waals surface area contributed by atoms with Crippen molar-refractivity contribution in [2.24, 2.45) is 0 Å². The van der Waals surface area contributed by atoms with Crippen molar-refractivity contribution >= 4 is 27.8 Å². The molecule has 6 nitrogen and oxygen atoms in total. The molecular weight excluding hydrogens is 394 g/mol. The van der Waals surface area contributed by atoms with Crippen LogP contribution in [0.1, 0.15) is 60.1 Å². The number of carbonyl (C=O) groups excluding carboxylic acids is 1. The van der Waals surface area contributed by atoms with E-state index in [1.807, 2.05) is 13.8 Å². The Morgan fingerprint density at radius 1 is 1.10 bits per heavy atom. The van der Waals surface area contributed by atoms with E-state index in [1.165, 1.54) is 12.0 Å². The van der Waals surface area contributed by atoms with Crippen LogP contribution in [0.5, 0.6) is 0 Å². The van der Waals surface area contributed by atoms with Gasteiger partial charge in [0.05, 0.1) is 12.6 Å². The molecule has 0 saturated carbocycles. The van der Waals surface area contributed by atoms with Crippen LogP contribution in [0.2, 0.25) is 0 Å². The highest BCUT2D eigenvalue weighted by molar-refractivity contribution is 6.00. The Kier molecular flexibility index (Phi) is 5.13. The molecule has 0 radical (unpaired) electrons. The number of carbonyl (C=O) groups is 1. The largest absolute Gasteiger partial charge is 0.460 e. The van der Waals surface area contributed by atoms with Gasteiger partial charge in [-0.1, -0.05) is 0 Å². The zero-order valence-electron chi connectivity index (χ0n) is 18.3. The quantitative estimate of drug-likeness (QED) is 0.643. The highest BCUT2D eigenvalue weighted by Crippen LogP contribution is 2.38. The smallest absolute Gasteiger partial charge is 0.339 e. The number of likely N-dealkylation sites (tertiary alicyclic amines) is 1. The van der Waals surface area contributed by atoms with E-state index in [1.54, 1.807) is 4.90 Å². The predicted molar refractivity (Wildman–Crippen MR) is 119 cm³/mol. The fraction of sp³-hybridized carbons (Fsp3) is 0.520. The van der Waals surface area contributed by atoms with Gasteiger partial charge in [0.15, 0.2) is 0 Å². The van der Waals surface area contributed by atoms with Gasteiger partial charge in [0, 0.05) is 46.8 Å². The molecule has 1 aliphatic carbocycles. The van der Waals surface area contributed by atoms with Crippen molar-refractivity contribution in [1.82, 2.24) is 4.90 Å². The molecule has 1 amide bonds. The maximum Gasteiger partial charge on any atom is 0.339 e. The van der Waals surface area contributed by atoms with Gasteiger partial charge in [-0.2, -0.15) is 0 Å². The monoisotopic (exact) mass is 423 g/mol. The maximum atomic E-state index is 12.8. The van der Waals surface area contributed by atoms with E-state index in [9.17, 15) is 14.7 Å². The molecule has 1 fully saturated rings. The number of hydrogen-bond donors (Lipinski definition) is 1. The molecule has 0 unspecified atom stereocenters. The number of furan rings is 1. The van der Waals surface area contributed by atoms with Gasteiger partial charge >= 0.3 is 5.63 Å². The van der Waals surface area contributed by atoms with E-state index in [4.69, 9.17) is 8.83 Å². The Morgan fingerprint density at radius 3 is 2.68 bits per heavy atom. The van der Waals surface area contributed by atoms with Crippen LogP contribution in [-0.2, 0) is 24.1 Å². The van der Waals surface area contributed by atoms with Crippen LogP contribution >= 0.6 is 0 Å². The summed E-state index contributed by atoms with van der Waals surface area (Å²) in [6.07, 6.45) is 6.63. The van der Waals surface area contributed by atoms with E-state index in [0.717, 1.165) is 65.3 Å². The van der Waals surface area contributed by atoms with Crippen LogP contribution in [0.3, 0.4) is 0 Å². The van der Waals surface area contributed by atoms with Crippen LogP contribution in [0, 0.1) is 13.8 Å². The normalized spacial score (nSPS) is 18.8. The van der Waals surface area contributed by atoms with Gasteiger partial charge in [-0.05, 0) is 64.0 Å². The molecule has 5 rings (SSSR count). The molecule has 3 heterocycles. The maximum absolute atomic E-state index is 12.8. The summed E-state index contributed by atoms with van der Waals surface area (Å²) >= 11 is 0. The number of nitrogens with zero attached hydrogens (tertiary/aromatic N) is 1. The first kappa shape index (κ1) is 20.3. The van der Waals surface area contributed by atoms with Crippen LogP contribution in [-0.4, -0.2) is 35.1 Å². The number of aliphatic hydroxyl groups is 1. The molecule has 1 aliphatic heterocycles. The van der Waals surface area contributed by atoms with Gasteiger partial charge in [-0.15, -0.1) is 0 Å². The van der Waals surface area contributed by atoms with Crippen LogP contribution < -0.4 is 5.63 Å². The number of fused-ring (bicyclic) bond motifs is 4. The first-order valence-electron chi connectivity index (χ1n) is 11.4. The topological polar surface area (TPSA) is 83.9 Å². The molecule has 6 heteroatoms. The van der Waals surface area contributed by atoms with Crippen molar-refractivity contribution in [1.29, 1.82) is 0 Å². The number of amides is 1. The summed E-state index contributed by atoms with van der Waals surface area (Å²) in [6.45, 7) is 4.57. The Bertz CT molecular complexity index is 1230. The SMILES string of the molecule is Cc1c(CCC(=O)N2CCC[C@@H]2CO)c(=O)oc2c(C)c3oc4c(c3cc12)CCCC4. The van der Waals surface area contributed by atoms with Crippen LogP contribution in [0.4, 0.5) is 0 Å². The Hall–Kier alpha value is -2.60. The van der Waals surface area contributed by atoms with E-state index in [0.29, 0.717) is 24.1 Å². The van der Waals surface area contributed by atoms with Crippen molar-refractivity contribution in [2.45, 2.75) is 71.3 Å². The Morgan fingerprint density at radius 2 is 1.87 bits per heavy atom. The number of benzene rings is 1. The molecule has 0 spiro atoms. The highest BCUT2D eigenvalue weighted by atomic mass is 16.4.